The Morgan fingerprint density at radius 1 is 0.947 bits per heavy atom. The number of nitrogens with zero attached hydrogens (tertiary/aromatic N) is 2. The van der Waals surface area contributed by atoms with E-state index < -0.39 is 54.9 Å². The fourth-order valence-corrected chi connectivity index (χ4v) is 6.45. The van der Waals surface area contributed by atoms with E-state index in [1.165, 1.54) is 15.7 Å². The molecule has 0 aromatic carbocycles. The lowest BCUT2D eigenvalue weighted by Crippen LogP contribution is -2.68. The van der Waals surface area contributed by atoms with E-state index in [4.69, 9.17) is 4.74 Å². The molecular formula is C22H32N4O10S2. The van der Waals surface area contributed by atoms with Crippen LogP contribution in [-0.2, 0) is 33.5 Å². The summed E-state index contributed by atoms with van der Waals surface area (Å²) in [5, 5.41) is 35.2. The van der Waals surface area contributed by atoms with Gasteiger partial charge in [0.2, 0.25) is 17.7 Å². The molecule has 212 valence electrons. The molecule has 38 heavy (non-hydrogen) atoms. The summed E-state index contributed by atoms with van der Waals surface area (Å²) >= 11 is 0. The van der Waals surface area contributed by atoms with E-state index in [1.54, 1.807) is 10.8 Å². The molecule has 0 aromatic heterocycles. The molecule has 0 unspecified atom stereocenters. The number of aliphatic hydroxyl groups is 3. The molecule has 5 N–H and O–H groups in total. The highest BCUT2D eigenvalue weighted by atomic mass is 33.1. The molecule has 3 saturated heterocycles. The molecule has 5 amide bonds. The van der Waals surface area contributed by atoms with Crippen LogP contribution in [-0.4, -0.2) is 122 Å². The second-order valence-electron chi connectivity index (χ2n) is 8.99. The van der Waals surface area contributed by atoms with Gasteiger partial charge in [-0.1, -0.05) is 21.6 Å². The summed E-state index contributed by atoms with van der Waals surface area (Å²) in [6.45, 7) is -0.00734. The molecule has 3 rings (SSSR count). The average molecular weight is 577 g/mol. The number of piperidine rings is 1. The van der Waals surface area contributed by atoms with E-state index in [2.05, 4.69) is 10.6 Å². The van der Waals surface area contributed by atoms with Gasteiger partial charge in [0.15, 0.2) is 0 Å². The quantitative estimate of drug-likeness (QED) is 0.0478. The van der Waals surface area contributed by atoms with E-state index in [9.17, 15) is 44.1 Å². The van der Waals surface area contributed by atoms with Crippen LogP contribution in [0.2, 0.25) is 0 Å². The Labute approximate surface area is 226 Å². The van der Waals surface area contributed by atoms with Crippen molar-refractivity contribution < 1.29 is 48.8 Å². The van der Waals surface area contributed by atoms with Gasteiger partial charge in [0.25, 0.3) is 0 Å². The van der Waals surface area contributed by atoms with Gasteiger partial charge in [-0.05, 0) is 12.8 Å². The molecule has 0 aliphatic carbocycles. The highest BCUT2D eigenvalue weighted by Gasteiger charge is 2.55. The number of hydrogen-bond acceptors (Lipinski definition) is 12. The zero-order valence-electron chi connectivity index (χ0n) is 20.6. The molecule has 0 aromatic rings. The van der Waals surface area contributed by atoms with Gasteiger partial charge in [0, 0.05) is 50.3 Å². The van der Waals surface area contributed by atoms with Crippen molar-refractivity contribution in [1.29, 1.82) is 0 Å². The van der Waals surface area contributed by atoms with Crippen LogP contribution < -0.4 is 10.6 Å². The third-order valence-corrected chi connectivity index (χ3v) is 8.91. The van der Waals surface area contributed by atoms with Crippen LogP contribution in [0.15, 0.2) is 0 Å². The zero-order valence-corrected chi connectivity index (χ0v) is 22.2. The van der Waals surface area contributed by atoms with Gasteiger partial charge >= 0.3 is 17.8 Å². The molecule has 0 bridgehead atoms. The number of amides is 5. The van der Waals surface area contributed by atoms with Gasteiger partial charge in [0.1, 0.15) is 31.1 Å². The fraction of sp³-hybridized carbons (Fsp3) is 0.727. The smallest absolute Gasteiger partial charge is 0.314 e. The number of carbonyl (C=O) groups is 6. The molecule has 14 nitrogen and oxygen atoms in total. The first-order valence-electron chi connectivity index (χ1n) is 12.3. The molecule has 16 heteroatoms. The van der Waals surface area contributed by atoms with Crippen molar-refractivity contribution in [1.82, 2.24) is 20.4 Å². The average Bonchev–Trinajstić information content (AvgIpc) is 3.37. The van der Waals surface area contributed by atoms with Crippen molar-refractivity contribution in [2.45, 2.75) is 69.0 Å². The molecule has 0 spiro atoms. The number of nitrogens with one attached hydrogen (secondary N) is 2. The Bertz CT molecular complexity index is 922. The van der Waals surface area contributed by atoms with Crippen LogP contribution in [0.4, 0.5) is 0 Å². The molecule has 0 radical (unpaired) electrons. The van der Waals surface area contributed by atoms with Crippen LogP contribution in [0.25, 0.3) is 0 Å². The number of carbonyl (C=O) groups excluding carboxylic acids is 6. The van der Waals surface area contributed by atoms with Crippen molar-refractivity contribution in [2.75, 3.05) is 31.2 Å². The lowest BCUT2D eigenvalue weighted by atomic mass is 9.92. The standard InChI is InChI=1S/C22H32N4O10S2/c27-13(23-7-8-25-14(28)5-6-15(25)29)3-1-9-37-38-10-2-4-16(30)36-11-12-17(31)18(32)19(33)20-24-21(34)22(35)26(12)20/h12,17-20,31-33H,1-11H2,(H,23,27)(H,24,34)/t12-,17-,18+,19+,20+/m1/s1. The molecule has 3 fully saturated rings. The van der Waals surface area contributed by atoms with E-state index in [0.717, 1.165) is 10.7 Å². The lowest BCUT2D eigenvalue weighted by Gasteiger charge is -2.44. The van der Waals surface area contributed by atoms with Crippen molar-refractivity contribution in [2.24, 2.45) is 0 Å². The van der Waals surface area contributed by atoms with Crippen LogP contribution in [0.5, 0.6) is 0 Å². The van der Waals surface area contributed by atoms with Gasteiger partial charge in [0.05, 0.1) is 6.04 Å². The summed E-state index contributed by atoms with van der Waals surface area (Å²) in [4.78, 5) is 72.8. The Morgan fingerprint density at radius 2 is 1.58 bits per heavy atom. The number of aliphatic hydroxyl groups excluding tert-OH is 3. The van der Waals surface area contributed by atoms with Crippen LogP contribution >= 0.6 is 21.6 Å². The number of likely N-dealkylation sites (tertiary alicyclic amines) is 1. The monoisotopic (exact) mass is 576 g/mol. The lowest BCUT2D eigenvalue weighted by molar-refractivity contribution is -0.181. The minimum absolute atomic E-state index is 0.0839. The number of fused-ring (bicyclic) bond motifs is 1. The van der Waals surface area contributed by atoms with Crippen LogP contribution in [0, 0.1) is 0 Å². The number of hydrogen-bond donors (Lipinski definition) is 5. The van der Waals surface area contributed by atoms with E-state index in [0.29, 0.717) is 25.0 Å². The summed E-state index contributed by atoms with van der Waals surface area (Å²) in [6.07, 6.45) is -4.00. The Balaban J connectivity index is 1.21. The number of esters is 1. The van der Waals surface area contributed by atoms with Crippen LogP contribution in [0.1, 0.15) is 38.5 Å². The first kappa shape index (κ1) is 30.1. The highest BCUT2D eigenvalue weighted by Crippen LogP contribution is 2.27. The first-order valence-corrected chi connectivity index (χ1v) is 14.8. The minimum Gasteiger partial charge on any atom is -0.463 e. The van der Waals surface area contributed by atoms with E-state index in [-0.39, 0.29) is 50.1 Å². The second-order valence-corrected chi connectivity index (χ2v) is 11.7. The Kier molecular flexibility index (Phi) is 11.2. The third kappa shape index (κ3) is 7.59. The fourth-order valence-electron chi connectivity index (χ4n) is 4.28. The Morgan fingerprint density at radius 3 is 2.24 bits per heavy atom. The predicted octanol–water partition coefficient (Wildman–Crippen LogP) is -2.51. The topological polar surface area (TPSA) is 203 Å². The van der Waals surface area contributed by atoms with E-state index in [1.807, 2.05) is 0 Å². The molecule has 5 atom stereocenters. The maximum absolute atomic E-state index is 12.1. The SMILES string of the molecule is O=C(CCCSSCCCC(=O)OC[C@@H]1[C@@H](O)[C@H](O)[C@H](O)[C@H]2NC(=O)C(=O)N12)NCCN1C(=O)CCC1=O. The minimum atomic E-state index is -1.63. The summed E-state index contributed by atoms with van der Waals surface area (Å²) in [5.74, 6) is -1.73. The summed E-state index contributed by atoms with van der Waals surface area (Å²) in [5.41, 5.74) is 0. The van der Waals surface area contributed by atoms with E-state index >= 15 is 0 Å². The predicted molar refractivity (Wildman–Crippen MR) is 134 cm³/mol. The summed E-state index contributed by atoms with van der Waals surface area (Å²) < 4.78 is 5.15. The zero-order chi connectivity index (χ0) is 27.8. The van der Waals surface area contributed by atoms with Gasteiger partial charge < -0.3 is 35.6 Å². The van der Waals surface area contributed by atoms with Gasteiger partial charge in [-0.3, -0.25) is 33.7 Å². The van der Waals surface area contributed by atoms with Gasteiger partial charge in [-0.15, -0.1) is 0 Å². The molecule has 3 heterocycles. The normalized spacial score (nSPS) is 27.0. The number of imide groups is 1. The van der Waals surface area contributed by atoms with Crippen LogP contribution in [0.3, 0.4) is 0 Å². The van der Waals surface area contributed by atoms with Crippen molar-refractivity contribution >= 4 is 57.1 Å². The maximum Gasteiger partial charge on any atom is 0.314 e. The summed E-state index contributed by atoms with van der Waals surface area (Å²) in [7, 11) is 3.10. The van der Waals surface area contributed by atoms with Gasteiger partial charge in [-0.25, -0.2) is 0 Å². The van der Waals surface area contributed by atoms with Crippen molar-refractivity contribution in [3.05, 3.63) is 0 Å². The summed E-state index contributed by atoms with van der Waals surface area (Å²) in [6, 6.07) is -1.18. The maximum atomic E-state index is 12.1. The second kappa shape index (κ2) is 14.1. The molecule has 3 aliphatic heterocycles. The molecule has 3 aliphatic rings. The largest absolute Gasteiger partial charge is 0.463 e. The first-order chi connectivity index (χ1) is 18.1. The van der Waals surface area contributed by atoms with Crippen molar-refractivity contribution in [3.8, 4) is 0 Å². The number of ether oxygens (including phenoxy) is 1. The molecular weight excluding hydrogens is 544 g/mol. The molecule has 0 saturated carbocycles. The number of rotatable bonds is 14. The highest BCUT2D eigenvalue weighted by molar-refractivity contribution is 8.76. The van der Waals surface area contributed by atoms with Gasteiger partial charge in [-0.2, -0.15) is 0 Å². The Hall–Kier alpha value is -2.40. The third-order valence-electron chi connectivity index (χ3n) is 6.33. The van der Waals surface area contributed by atoms with Crippen molar-refractivity contribution in [3.63, 3.8) is 0 Å².